The van der Waals surface area contributed by atoms with Gasteiger partial charge in [-0.3, -0.25) is 4.79 Å². The number of nitrogens with two attached hydrogens (primary N) is 1. The van der Waals surface area contributed by atoms with Crippen molar-refractivity contribution in [2.24, 2.45) is 17.1 Å². The predicted octanol–water partition coefficient (Wildman–Crippen LogP) is 4.48. The number of rotatable bonds is 5. The van der Waals surface area contributed by atoms with Crippen molar-refractivity contribution in [3.8, 4) is 0 Å². The fourth-order valence-electron chi connectivity index (χ4n) is 2.47. The van der Waals surface area contributed by atoms with Crippen molar-refractivity contribution in [2.45, 2.75) is 40.5 Å². The molecule has 1 aromatic rings. The molecule has 0 saturated carbocycles. The van der Waals surface area contributed by atoms with E-state index in [9.17, 15) is 4.79 Å². The molecular weight excluding hydrogens is 348 g/mol. The fraction of sp³-hybridized carbons (Fsp3) is 0.500. The first-order valence-electron chi connectivity index (χ1n) is 6.97. The van der Waals surface area contributed by atoms with E-state index in [0.717, 1.165) is 10.9 Å². The number of thiocarbonyl (C=S) groups is 1. The number of halogens is 1. The molecule has 0 aliphatic rings. The lowest BCUT2D eigenvalue weighted by Gasteiger charge is -2.23. The smallest absolute Gasteiger partial charge is 0.224 e. The molecule has 0 radical (unpaired) electrons. The largest absolute Gasteiger partial charge is 0.389 e. The molecule has 3 N–H and O–H groups in total. The molecule has 0 heterocycles. The van der Waals surface area contributed by atoms with E-state index >= 15 is 0 Å². The highest BCUT2D eigenvalue weighted by atomic mass is 79.9. The van der Waals surface area contributed by atoms with Crippen molar-refractivity contribution >= 4 is 44.7 Å². The molecule has 1 atom stereocenters. The summed E-state index contributed by atoms with van der Waals surface area (Å²) in [5, 5.41) is 2.91. The van der Waals surface area contributed by atoms with E-state index in [1.54, 1.807) is 6.07 Å². The SMILES string of the molecule is CC(CC(=O)Nc1cc(Br)ccc1C(N)=S)CC(C)(C)C. The van der Waals surface area contributed by atoms with Crippen LogP contribution in [-0.2, 0) is 4.79 Å². The molecule has 1 unspecified atom stereocenters. The van der Waals surface area contributed by atoms with E-state index in [0.29, 0.717) is 23.6 Å². The van der Waals surface area contributed by atoms with Gasteiger partial charge in [-0.15, -0.1) is 0 Å². The summed E-state index contributed by atoms with van der Waals surface area (Å²) >= 11 is 8.41. The van der Waals surface area contributed by atoms with Crippen LogP contribution >= 0.6 is 28.1 Å². The molecular formula is C16H23BrN2OS. The second-order valence-corrected chi connectivity index (χ2v) is 8.03. The van der Waals surface area contributed by atoms with E-state index in [2.05, 4.69) is 48.9 Å². The third kappa shape index (κ3) is 6.57. The number of carbonyl (C=O) groups is 1. The molecule has 0 aliphatic heterocycles. The standard InChI is InChI=1S/C16H23BrN2OS/c1-10(9-16(2,3)4)7-14(20)19-13-8-11(17)5-6-12(13)15(18)21/h5-6,8,10H,7,9H2,1-4H3,(H2,18,21)(H,19,20). The molecule has 0 bridgehead atoms. The molecule has 1 rings (SSSR count). The maximum Gasteiger partial charge on any atom is 0.224 e. The van der Waals surface area contributed by atoms with Crippen LogP contribution in [0.5, 0.6) is 0 Å². The van der Waals surface area contributed by atoms with Gasteiger partial charge in [0.05, 0.1) is 5.69 Å². The lowest BCUT2D eigenvalue weighted by Crippen LogP contribution is -2.21. The Kier molecular flexibility index (Phi) is 6.35. The average molecular weight is 371 g/mol. The lowest BCUT2D eigenvalue weighted by molar-refractivity contribution is -0.117. The highest BCUT2D eigenvalue weighted by Gasteiger charge is 2.18. The van der Waals surface area contributed by atoms with Gasteiger partial charge in [0.2, 0.25) is 5.91 Å². The number of amides is 1. The van der Waals surface area contributed by atoms with Crippen LogP contribution in [0, 0.1) is 11.3 Å². The van der Waals surface area contributed by atoms with E-state index in [-0.39, 0.29) is 16.3 Å². The van der Waals surface area contributed by atoms with Gasteiger partial charge in [0.1, 0.15) is 4.99 Å². The third-order valence-electron chi connectivity index (χ3n) is 3.02. The van der Waals surface area contributed by atoms with Crippen LogP contribution in [-0.4, -0.2) is 10.9 Å². The fourth-order valence-corrected chi connectivity index (χ4v) is 3.01. The van der Waals surface area contributed by atoms with Gasteiger partial charge in [0.25, 0.3) is 0 Å². The van der Waals surface area contributed by atoms with Crippen LogP contribution in [0.3, 0.4) is 0 Å². The Morgan fingerprint density at radius 3 is 2.57 bits per heavy atom. The summed E-state index contributed by atoms with van der Waals surface area (Å²) in [6.45, 7) is 8.64. The summed E-state index contributed by atoms with van der Waals surface area (Å²) in [6, 6.07) is 5.48. The van der Waals surface area contributed by atoms with Crippen molar-refractivity contribution in [1.29, 1.82) is 0 Å². The Morgan fingerprint density at radius 1 is 1.43 bits per heavy atom. The first-order valence-corrected chi connectivity index (χ1v) is 8.18. The predicted molar refractivity (Wildman–Crippen MR) is 96.5 cm³/mol. The van der Waals surface area contributed by atoms with Crippen LogP contribution in [0.2, 0.25) is 0 Å². The Morgan fingerprint density at radius 2 is 2.05 bits per heavy atom. The average Bonchev–Trinajstić information content (AvgIpc) is 2.24. The van der Waals surface area contributed by atoms with Gasteiger partial charge in [0, 0.05) is 16.5 Å². The van der Waals surface area contributed by atoms with Crippen LogP contribution in [0.15, 0.2) is 22.7 Å². The first kappa shape index (κ1) is 18.1. The zero-order valence-corrected chi connectivity index (χ0v) is 15.4. The van der Waals surface area contributed by atoms with Gasteiger partial charge in [-0.2, -0.15) is 0 Å². The minimum atomic E-state index is -0.0117. The monoisotopic (exact) mass is 370 g/mol. The normalized spacial score (nSPS) is 12.8. The first-order chi connectivity index (χ1) is 9.58. The maximum atomic E-state index is 12.2. The van der Waals surface area contributed by atoms with Gasteiger partial charge in [-0.05, 0) is 36.0 Å². The summed E-state index contributed by atoms with van der Waals surface area (Å²) in [7, 11) is 0. The molecule has 0 saturated heterocycles. The molecule has 1 aromatic carbocycles. The Balaban J connectivity index is 2.75. The molecule has 3 nitrogen and oxygen atoms in total. The highest BCUT2D eigenvalue weighted by Crippen LogP contribution is 2.27. The summed E-state index contributed by atoms with van der Waals surface area (Å²) < 4.78 is 0.875. The van der Waals surface area contributed by atoms with E-state index in [4.69, 9.17) is 18.0 Å². The molecule has 1 amide bonds. The lowest BCUT2D eigenvalue weighted by atomic mass is 9.84. The van der Waals surface area contributed by atoms with Crippen LogP contribution in [0.1, 0.15) is 46.1 Å². The Hall–Kier alpha value is -0.940. The van der Waals surface area contributed by atoms with Crippen molar-refractivity contribution in [3.05, 3.63) is 28.2 Å². The summed E-state index contributed by atoms with van der Waals surface area (Å²) in [5.41, 5.74) is 7.25. The molecule has 5 heteroatoms. The number of carbonyl (C=O) groups excluding carboxylic acids is 1. The maximum absolute atomic E-state index is 12.2. The molecule has 0 aromatic heterocycles. The number of benzene rings is 1. The van der Waals surface area contributed by atoms with Gasteiger partial charge < -0.3 is 11.1 Å². The van der Waals surface area contributed by atoms with Crippen molar-refractivity contribution in [2.75, 3.05) is 5.32 Å². The number of nitrogens with one attached hydrogen (secondary N) is 1. The van der Waals surface area contributed by atoms with Gasteiger partial charge in [0.15, 0.2) is 0 Å². The summed E-state index contributed by atoms with van der Waals surface area (Å²) in [5.74, 6) is 0.313. The van der Waals surface area contributed by atoms with Crippen molar-refractivity contribution in [1.82, 2.24) is 0 Å². The molecule has 0 aliphatic carbocycles. The Bertz CT molecular complexity index is 538. The highest BCUT2D eigenvalue weighted by molar-refractivity contribution is 9.10. The van der Waals surface area contributed by atoms with E-state index in [1.807, 2.05) is 12.1 Å². The van der Waals surface area contributed by atoms with E-state index in [1.165, 1.54) is 0 Å². The Labute approximate surface area is 140 Å². The van der Waals surface area contributed by atoms with Crippen LogP contribution in [0.25, 0.3) is 0 Å². The minimum absolute atomic E-state index is 0.0117. The number of anilines is 1. The van der Waals surface area contributed by atoms with Gasteiger partial charge in [-0.25, -0.2) is 0 Å². The van der Waals surface area contributed by atoms with Crippen molar-refractivity contribution < 1.29 is 4.79 Å². The van der Waals surface area contributed by atoms with Gasteiger partial charge >= 0.3 is 0 Å². The zero-order chi connectivity index (χ0) is 16.2. The minimum Gasteiger partial charge on any atom is -0.389 e. The second-order valence-electron chi connectivity index (χ2n) is 6.68. The summed E-state index contributed by atoms with van der Waals surface area (Å²) in [4.78, 5) is 12.5. The molecule has 0 spiro atoms. The van der Waals surface area contributed by atoms with Crippen molar-refractivity contribution in [3.63, 3.8) is 0 Å². The number of hydrogen-bond donors (Lipinski definition) is 2. The molecule has 0 fully saturated rings. The van der Waals surface area contributed by atoms with Crippen LogP contribution < -0.4 is 11.1 Å². The summed E-state index contributed by atoms with van der Waals surface area (Å²) in [6.07, 6.45) is 1.49. The quantitative estimate of drug-likeness (QED) is 0.750. The van der Waals surface area contributed by atoms with E-state index < -0.39 is 0 Å². The third-order valence-corrected chi connectivity index (χ3v) is 3.73. The van der Waals surface area contributed by atoms with Gasteiger partial charge in [-0.1, -0.05) is 55.8 Å². The topological polar surface area (TPSA) is 55.1 Å². The van der Waals surface area contributed by atoms with Crippen LogP contribution in [0.4, 0.5) is 5.69 Å². The number of hydrogen-bond acceptors (Lipinski definition) is 2. The second kappa shape index (κ2) is 7.36. The zero-order valence-electron chi connectivity index (χ0n) is 13.0. The molecule has 21 heavy (non-hydrogen) atoms. The molecule has 116 valence electrons.